The molecule has 5 nitrogen and oxygen atoms in total. The SMILES string of the molecule is COC(=O)c1cc(CCN)cc(C#N)n1. The fourth-order valence-electron chi connectivity index (χ4n) is 1.16. The number of nitriles is 1. The van der Waals surface area contributed by atoms with Crippen molar-refractivity contribution in [2.75, 3.05) is 13.7 Å². The summed E-state index contributed by atoms with van der Waals surface area (Å²) in [5.74, 6) is -0.551. The highest BCUT2D eigenvalue weighted by atomic mass is 16.5. The van der Waals surface area contributed by atoms with Crippen LogP contribution in [0.15, 0.2) is 12.1 Å². The Morgan fingerprint density at radius 1 is 1.67 bits per heavy atom. The minimum atomic E-state index is -0.551. The van der Waals surface area contributed by atoms with E-state index in [2.05, 4.69) is 9.72 Å². The maximum absolute atomic E-state index is 11.2. The van der Waals surface area contributed by atoms with E-state index in [4.69, 9.17) is 11.0 Å². The van der Waals surface area contributed by atoms with E-state index in [0.717, 1.165) is 5.56 Å². The molecule has 0 unspecified atom stereocenters. The minimum Gasteiger partial charge on any atom is -0.464 e. The molecule has 1 rings (SSSR count). The van der Waals surface area contributed by atoms with Gasteiger partial charge in [0.05, 0.1) is 7.11 Å². The Labute approximate surface area is 87.5 Å². The molecule has 0 aliphatic heterocycles. The number of esters is 1. The molecule has 2 N–H and O–H groups in total. The summed E-state index contributed by atoms with van der Waals surface area (Å²) in [6.07, 6.45) is 0.598. The van der Waals surface area contributed by atoms with Crippen LogP contribution in [0.4, 0.5) is 0 Å². The normalized spacial score (nSPS) is 9.40. The van der Waals surface area contributed by atoms with E-state index < -0.39 is 5.97 Å². The van der Waals surface area contributed by atoms with E-state index in [9.17, 15) is 4.79 Å². The smallest absolute Gasteiger partial charge is 0.356 e. The van der Waals surface area contributed by atoms with Gasteiger partial charge in [-0.05, 0) is 30.7 Å². The van der Waals surface area contributed by atoms with Gasteiger partial charge in [0.15, 0.2) is 0 Å². The Kier molecular flexibility index (Phi) is 3.77. The third-order valence-corrected chi connectivity index (χ3v) is 1.83. The Bertz CT molecular complexity index is 410. The van der Waals surface area contributed by atoms with Crippen molar-refractivity contribution in [3.05, 3.63) is 29.1 Å². The van der Waals surface area contributed by atoms with Crippen LogP contribution in [-0.2, 0) is 11.2 Å². The highest BCUT2D eigenvalue weighted by molar-refractivity contribution is 5.87. The molecule has 0 radical (unpaired) electrons. The second kappa shape index (κ2) is 5.08. The number of aromatic nitrogens is 1. The fourth-order valence-corrected chi connectivity index (χ4v) is 1.16. The average Bonchev–Trinajstić information content (AvgIpc) is 2.28. The summed E-state index contributed by atoms with van der Waals surface area (Å²) in [5.41, 5.74) is 6.54. The zero-order chi connectivity index (χ0) is 11.3. The number of carbonyl (C=O) groups is 1. The lowest BCUT2D eigenvalue weighted by molar-refractivity contribution is 0.0594. The van der Waals surface area contributed by atoms with Crippen LogP contribution >= 0.6 is 0 Å². The maximum Gasteiger partial charge on any atom is 0.356 e. The Morgan fingerprint density at radius 3 is 2.93 bits per heavy atom. The molecule has 5 heteroatoms. The largest absolute Gasteiger partial charge is 0.464 e. The van der Waals surface area contributed by atoms with Crippen LogP contribution in [0.1, 0.15) is 21.7 Å². The van der Waals surface area contributed by atoms with Gasteiger partial charge in [-0.3, -0.25) is 0 Å². The number of nitrogens with zero attached hydrogens (tertiary/aromatic N) is 2. The molecule has 0 fully saturated rings. The number of hydrogen-bond acceptors (Lipinski definition) is 5. The second-order valence-corrected chi connectivity index (χ2v) is 2.89. The van der Waals surface area contributed by atoms with Gasteiger partial charge >= 0.3 is 5.97 Å². The first-order chi connectivity index (χ1) is 7.21. The topological polar surface area (TPSA) is 89.0 Å². The first kappa shape index (κ1) is 11.1. The molecule has 0 atom stereocenters. The van der Waals surface area contributed by atoms with E-state index in [1.165, 1.54) is 7.11 Å². The lowest BCUT2D eigenvalue weighted by Gasteiger charge is -2.03. The van der Waals surface area contributed by atoms with Crippen molar-refractivity contribution in [3.8, 4) is 6.07 Å². The second-order valence-electron chi connectivity index (χ2n) is 2.89. The van der Waals surface area contributed by atoms with Crippen LogP contribution in [0.3, 0.4) is 0 Å². The van der Waals surface area contributed by atoms with Crippen LogP contribution in [0.2, 0.25) is 0 Å². The van der Waals surface area contributed by atoms with E-state index in [0.29, 0.717) is 13.0 Å². The molecule has 1 heterocycles. The molecule has 0 aliphatic carbocycles. The quantitative estimate of drug-likeness (QED) is 0.714. The number of hydrogen-bond donors (Lipinski definition) is 1. The van der Waals surface area contributed by atoms with Gasteiger partial charge in [0.1, 0.15) is 17.5 Å². The number of nitrogens with two attached hydrogens (primary N) is 1. The number of pyridine rings is 1. The van der Waals surface area contributed by atoms with Gasteiger partial charge in [-0.1, -0.05) is 0 Å². The van der Waals surface area contributed by atoms with Gasteiger partial charge < -0.3 is 10.5 Å². The van der Waals surface area contributed by atoms with E-state index in [-0.39, 0.29) is 11.4 Å². The van der Waals surface area contributed by atoms with Crippen LogP contribution in [0.25, 0.3) is 0 Å². The van der Waals surface area contributed by atoms with Crippen LogP contribution in [0.5, 0.6) is 0 Å². The monoisotopic (exact) mass is 205 g/mol. The highest BCUT2D eigenvalue weighted by Gasteiger charge is 2.10. The molecule has 78 valence electrons. The Morgan fingerprint density at radius 2 is 2.40 bits per heavy atom. The van der Waals surface area contributed by atoms with Crippen LogP contribution < -0.4 is 5.73 Å². The van der Waals surface area contributed by atoms with Crippen molar-refractivity contribution < 1.29 is 9.53 Å². The number of carbonyl (C=O) groups excluding carboxylic acids is 1. The highest BCUT2D eigenvalue weighted by Crippen LogP contribution is 2.07. The molecular formula is C10H11N3O2. The van der Waals surface area contributed by atoms with Crippen molar-refractivity contribution in [2.24, 2.45) is 5.73 Å². The number of ether oxygens (including phenoxy) is 1. The molecule has 0 amide bonds. The summed E-state index contributed by atoms with van der Waals surface area (Å²) < 4.78 is 4.53. The van der Waals surface area contributed by atoms with Crippen molar-refractivity contribution in [1.82, 2.24) is 4.98 Å². The molecule has 0 saturated carbocycles. The van der Waals surface area contributed by atoms with Gasteiger partial charge in [0.2, 0.25) is 0 Å². The van der Waals surface area contributed by atoms with E-state index >= 15 is 0 Å². The molecule has 0 aliphatic rings. The minimum absolute atomic E-state index is 0.139. The van der Waals surface area contributed by atoms with Crippen molar-refractivity contribution >= 4 is 5.97 Å². The molecule has 15 heavy (non-hydrogen) atoms. The summed E-state index contributed by atoms with van der Waals surface area (Å²) in [6, 6.07) is 5.08. The first-order valence-electron chi connectivity index (χ1n) is 4.40. The van der Waals surface area contributed by atoms with Gasteiger partial charge in [-0.2, -0.15) is 5.26 Å². The summed E-state index contributed by atoms with van der Waals surface area (Å²) >= 11 is 0. The predicted molar refractivity (Wildman–Crippen MR) is 53.0 cm³/mol. The zero-order valence-corrected chi connectivity index (χ0v) is 8.36. The summed E-state index contributed by atoms with van der Waals surface area (Å²) in [6.45, 7) is 0.454. The summed E-state index contributed by atoms with van der Waals surface area (Å²) in [7, 11) is 1.27. The average molecular weight is 205 g/mol. The van der Waals surface area contributed by atoms with Gasteiger partial charge in [0.25, 0.3) is 0 Å². The molecular weight excluding hydrogens is 194 g/mol. The summed E-state index contributed by atoms with van der Waals surface area (Å²) in [5, 5.41) is 8.71. The lowest BCUT2D eigenvalue weighted by Crippen LogP contribution is -2.09. The Balaban J connectivity index is 3.12. The molecule has 1 aromatic rings. The lowest BCUT2D eigenvalue weighted by atomic mass is 10.1. The summed E-state index contributed by atoms with van der Waals surface area (Å²) in [4.78, 5) is 15.0. The van der Waals surface area contributed by atoms with Crippen molar-refractivity contribution in [2.45, 2.75) is 6.42 Å². The number of rotatable bonds is 3. The fraction of sp³-hybridized carbons (Fsp3) is 0.300. The van der Waals surface area contributed by atoms with Crippen LogP contribution in [-0.4, -0.2) is 24.6 Å². The van der Waals surface area contributed by atoms with Gasteiger partial charge in [0, 0.05) is 0 Å². The van der Waals surface area contributed by atoms with Crippen molar-refractivity contribution in [1.29, 1.82) is 5.26 Å². The molecule has 0 saturated heterocycles. The van der Waals surface area contributed by atoms with Crippen molar-refractivity contribution in [3.63, 3.8) is 0 Å². The third-order valence-electron chi connectivity index (χ3n) is 1.83. The maximum atomic E-state index is 11.2. The van der Waals surface area contributed by atoms with Crippen LogP contribution in [0, 0.1) is 11.3 Å². The number of methoxy groups -OCH3 is 1. The first-order valence-corrected chi connectivity index (χ1v) is 4.40. The predicted octanol–water partition coefficient (Wildman–Crippen LogP) is 0.241. The molecule has 0 spiro atoms. The molecule has 0 aromatic carbocycles. The molecule has 1 aromatic heterocycles. The van der Waals surface area contributed by atoms with Gasteiger partial charge in [-0.25, -0.2) is 9.78 Å². The Hall–Kier alpha value is -1.93. The standard InChI is InChI=1S/C10H11N3O2/c1-15-10(14)9-5-7(2-3-11)4-8(6-12)13-9/h4-5H,2-3,11H2,1H3. The third kappa shape index (κ3) is 2.76. The zero-order valence-electron chi connectivity index (χ0n) is 8.36. The van der Waals surface area contributed by atoms with E-state index in [1.54, 1.807) is 12.1 Å². The van der Waals surface area contributed by atoms with E-state index in [1.807, 2.05) is 6.07 Å². The van der Waals surface area contributed by atoms with Gasteiger partial charge in [-0.15, -0.1) is 0 Å². The molecule has 0 bridgehead atoms.